The Labute approximate surface area is 184 Å². The molecule has 3 aromatic rings. The number of benzene rings is 1. The van der Waals surface area contributed by atoms with E-state index in [0.29, 0.717) is 36.4 Å². The summed E-state index contributed by atoms with van der Waals surface area (Å²) in [7, 11) is -3.82. The van der Waals surface area contributed by atoms with Crippen molar-refractivity contribution in [2.75, 3.05) is 30.7 Å². The van der Waals surface area contributed by atoms with Crippen LogP contribution in [0.25, 0.3) is 11.0 Å². The molecule has 3 heterocycles. The molecule has 1 atom stereocenters. The normalized spacial score (nSPS) is 17.8. The Morgan fingerprint density at radius 2 is 1.94 bits per heavy atom. The van der Waals surface area contributed by atoms with Crippen LogP contribution in [0.4, 0.5) is 24.5 Å². The van der Waals surface area contributed by atoms with Crippen molar-refractivity contribution in [1.82, 2.24) is 13.9 Å². The van der Waals surface area contributed by atoms with Gasteiger partial charge in [0.25, 0.3) is 10.0 Å². The zero-order valence-corrected chi connectivity index (χ0v) is 18.0. The summed E-state index contributed by atoms with van der Waals surface area (Å²) in [5.74, 6) is 0. The van der Waals surface area contributed by atoms with Crippen molar-refractivity contribution < 1.29 is 21.6 Å². The molecule has 0 unspecified atom stereocenters. The van der Waals surface area contributed by atoms with Gasteiger partial charge < -0.3 is 16.0 Å². The molecule has 0 aliphatic carbocycles. The number of nitrogen functional groups attached to an aromatic ring is 1. The van der Waals surface area contributed by atoms with Gasteiger partial charge in [0.05, 0.1) is 22.5 Å². The third-order valence-corrected chi connectivity index (χ3v) is 7.25. The minimum atomic E-state index is -4.14. The van der Waals surface area contributed by atoms with Gasteiger partial charge in [0.2, 0.25) is 0 Å². The number of fused-ring (bicyclic) bond motifs is 1. The Bertz CT molecular complexity index is 1200. The molecule has 3 N–H and O–H groups in total. The molecule has 1 saturated heterocycles. The molecule has 1 aliphatic rings. The van der Waals surface area contributed by atoms with Gasteiger partial charge in [-0.25, -0.2) is 17.4 Å². The SMILES string of the molecule is Nc1cnc2c(ccn2S(=O)(=O)c2ccccc2)c1N[C@H]1CCN(CCCC(F)(F)F)C1. The van der Waals surface area contributed by atoms with Crippen LogP contribution < -0.4 is 11.1 Å². The number of rotatable bonds is 7. The summed E-state index contributed by atoms with van der Waals surface area (Å²) in [6.07, 6.45) is -1.25. The van der Waals surface area contributed by atoms with Crippen molar-refractivity contribution in [1.29, 1.82) is 0 Å². The summed E-state index contributed by atoms with van der Waals surface area (Å²) in [6.45, 7) is 1.65. The lowest BCUT2D eigenvalue weighted by atomic mass is 10.2. The lowest BCUT2D eigenvalue weighted by Crippen LogP contribution is -2.28. The van der Waals surface area contributed by atoms with Crippen molar-refractivity contribution in [3.63, 3.8) is 0 Å². The number of halogens is 3. The van der Waals surface area contributed by atoms with Crippen molar-refractivity contribution in [3.8, 4) is 0 Å². The van der Waals surface area contributed by atoms with Crippen LogP contribution >= 0.6 is 0 Å². The van der Waals surface area contributed by atoms with Crippen molar-refractivity contribution >= 4 is 32.4 Å². The molecule has 0 saturated carbocycles. The van der Waals surface area contributed by atoms with E-state index in [0.717, 1.165) is 10.4 Å². The van der Waals surface area contributed by atoms with Crippen LogP contribution in [0.5, 0.6) is 0 Å². The molecule has 0 amide bonds. The van der Waals surface area contributed by atoms with Gasteiger partial charge in [-0.2, -0.15) is 13.2 Å². The van der Waals surface area contributed by atoms with Gasteiger partial charge >= 0.3 is 6.18 Å². The maximum Gasteiger partial charge on any atom is 0.389 e. The van der Waals surface area contributed by atoms with Gasteiger partial charge in [-0.15, -0.1) is 0 Å². The van der Waals surface area contributed by atoms with Gasteiger partial charge in [-0.3, -0.25) is 0 Å². The van der Waals surface area contributed by atoms with Crippen LogP contribution in [-0.4, -0.2) is 54.1 Å². The molecule has 32 heavy (non-hydrogen) atoms. The lowest BCUT2D eigenvalue weighted by molar-refractivity contribution is -0.136. The van der Waals surface area contributed by atoms with Crippen LogP contribution in [0.1, 0.15) is 19.3 Å². The number of nitrogens with zero attached hydrogens (tertiary/aromatic N) is 3. The quantitative estimate of drug-likeness (QED) is 0.551. The van der Waals surface area contributed by atoms with E-state index in [2.05, 4.69) is 10.3 Å². The number of nitrogens with one attached hydrogen (secondary N) is 1. The summed E-state index contributed by atoms with van der Waals surface area (Å²) in [6, 6.07) is 9.71. The summed E-state index contributed by atoms with van der Waals surface area (Å²) >= 11 is 0. The van der Waals surface area contributed by atoms with E-state index in [4.69, 9.17) is 5.73 Å². The highest BCUT2D eigenvalue weighted by atomic mass is 32.2. The third kappa shape index (κ3) is 4.68. The highest BCUT2D eigenvalue weighted by molar-refractivity contribution is 7.90. The molecule has 1 fully saturated rings. The molecule has 2 aromatic heterocycles. The third-order valence-electron chi connectivity index (χ3n) is 5.57. The second kappa shape index (κ2) is 8.62. The number of nitrogens with two attached hydrogens (primary N) is 1. The molecular weight excluding hydrogens is 443 g/mol. The van der Waals surface area contributed by atoms with E-state index in [1.54, 1.807) is 24.3 Å². The van der Waals surface area contributed by atoms with E-state index in [1.165, 1.54) is 24.5 Å². The maximum atomic E-state index is 13.0. The number of hydrogen-bond acceptors (Lipinski definition) is 6. The van der Waals surface area contributed by atoms with E-state index in [1.807, 2.05) is 4.90 Å². The van der Waals surface area contributed by atoms with Gasteiger partial charge in [-0.1, -0.05) is 18.2 Å². The van der Waals surface area contributed by atoms with Gasteiger partial charge in [0, 0.05) is 37.1 Å². The predicted octanol–water partition coefficient (Wildman–Crippen LogP) is 3.68. The minimum Gasteiger partial charge on any atom is -0.396 e. The summed E-state index contributed by atoms with van der Waals surface area (Å²) in [5, 5.41) is 3.93. The van der Waals surface area contributed by atoms with Crippen LogP contribution in [0, 0.1) is 0 Å². The van der Waals surface area contributed by atoms with Gasteiger partial charge in [-0.05, 0) is 37.6 Å². The Balaban J connectivity index is 1.53. The average Bonchev–Trinajstić information content (AvgIpc) is 3.37. The van der Waals surface area contributed by atoms with E-state index < -0.39 is 22.6 Å². The molecular formula is C21H24F3N5O2S. The maximum absolute atomic E-state index is 13.0. The summed E-state index contributed by atoms with van der Waals surface area (Å²) in [5.41, 5.74) is 7.35. The first-order chi connectivity index (χ1) is 15.1. The summed E-state index contributed by atoms with van der Waals surface area (Å²) < 4.78 is 64.4. The number of hydrogen-bond donors (Lipinski definition) is 2. The number of aromatic nitrogens is 2. The predicted molar refractivity (Wildman–Crippen MR) is 117 cm³/mol. The van der Waals surface area contributed by atoms with Gasteiger partial charge in [0.15, 0.2) is 5.65 Å². The second-order valence-corrected chi connectivity index (χ2v) is 9.72. The molecule has 0 radical (unpaired) electrons. The molecule has 0 spiro atoms. The first-order valence-corrected chi connectivity index (χ1v) is 11.7. The standard InChI is InChI=1S/C21H24F3N5O2S/c22-21(23,24)9-4-10-28-11-7-15(14-28)27-19-17-8-12-29(20(17)26-13-18(19)25)32(30,31)16-5-2-1-3-6-16/h1-3,5-6,8,12-13,15H,4,7,9-11,14,25H2,(H,26,27)/t15-/m0/s1. The van der Waals surface area contributed by atoms with Crippen molar-refractivity contribution in [2.45, 2.75) is 36.4 Å². The van der Waals surface area contributed by atoms with Crippen molar-refractivity contribution in [2.24, 2.45) is 0 Å². The zero-order valence-electron chi connectivity index (χ0n) is 17.2. The number of anilines is 2. The van der Waals surface area contributed by atoms with E-state index >= 15 is 0 Å². The van der Waals surface area contributed by atoms with Crippen LogP contribution in [0.2, 0.25) is 0 Å². The number of pyridine rings is 1. The molecule has 0 bridgehead atoms. The largest absolute Gasteiger partial charge is 0.396 e. The fourth-order valence-corrected chi connectivity index (χ4v) is 5.32. The smallest absolute Gasteiger partial charge is 0.389 e. The fraction of sp³-hybridized carbons (Fsp3) is 0.381. The molecule has 172 valence electrons. The van der Waals surface area contributed by atoms with E-state index in [9.17, 15) is 21.6 Å². The molecule has 1 aliphatic heterocycles. The molecule has 1 aromatic carbocycles. The Kier molecular flexibility index (Phi) is 6.04. The first-order valence-electron chi connectivity index (χ1n) is 10.3. The average molecular weight is 468 g/mol. The topological polar surface area (TPSA) is 93.2 Å². The minimum absolute atomic E-state index is 0.0112. The highest BCUT2D eigenvalue weighted by Crippen LogP contribution is 2.32. The van der Waals surface area contributed by atoms with Crippen LogP contribution in [-0.2, 0) is 10.0 Å². The first kappa shape index (κ1) is 22.4. The monoisotopic (exact) mass is 467 g/mol. The highest BCUT2D eigenvalue weighted by Gasteiger charge is 2.29. The van der Waals surface area contributed by atoms with E-state index in [-0.39, 0.29) is 23.0 Å². The zero-order chi connectivity index (χ0) is 22.9. The Morgan fingerprint density at radius 3 is 2.66 bits per heavy atom. The molecule has 11 heteroatoms. The van der Waals surface area contributed by atoms with Crippen LogP contribution in [0.3, 0.4) is 0 Å². The lowest BCUT2D eigenvalue weighted by Gasteiger charge is -2.19. The number of alkyl halides is 3. The Morgan fingerprint density at radius 1 is 1.19 bits per heavy atom. The van der Waals surface area contributed by atoms with Crippen molar-refractivity contribution in [3.05, 3.63) is 48.8 Å². The fourth-order valence-electron chi connectivity index (χ4n) is 4.00. The van der Waals surface area contributed by atoms with Crippen LogP contribution in [0.15, 0.2) is 53.7 Å². The summed E-state index contributed by atoms with van der Waals surface area (Å²) in [4.78, 5) is 6.39. The van der Waals surface area contributed by atoms with Gasteiger partial charge in [0.1, 0.15) is 0 Å². The molecule has 4 rings (SSSR count). The second-order valence-electron chi connectivity index (χ2n) is 7.90. The number of likely N-dealkylation sites (tertiary alicyclic amines) is 1. The Hall–Kier alpha value is -2.79. The molecule has 7 nitrogen and oxygen atoms in total.